The summed E-state index contributed by atoms with van der Waals surface area (Å²) in [6, 6.07) is 87.4. The quantitative estimate of drug-likeness (QED) is 0.177. The highest BCUT2D eigenvalue weighted by Crippen LogP contribution is 2.68. The van der Waals surface area contributed by atoms with Crippen molar-refractivity contribution in [3.63, 3.8) is 0 Å². The van der Waals surface area contributed by atoms with E-state index in [1.807, 2.05) is 0 Å². The molecule has 0 unspecified atom stereocenters. The van der Waals surface area contributed by atoms with Gasteiger partial charge in [-0.3, -0.25) is 4.57 Å². The highest BCUT2D eigenvalue weighted by atomic mass is 15.2. The second-order valence-corrected chi connectivity index (χ2v) is 18.3. The maximum absolute atomic E-state index is 5.53. The van der Waals surface area contributed by atoms with E-state index in [-0.39, 0.29) is 0 Å². The summed E-state index contributed by atoms with van der Waals surface area (Å²) in [4.78, 5) is 10.9. The van der Waals surface area contributed by atoms with Gasteiger partial charge in [-0.15, -0.1) is 0 Å². The maximum Gasteiger partial charge on any atom is 0.235 e. The van der Waals surface area contributed by atoms with Crippen LogP contribution in [0.4, 0.5) is 0 Å². The fourth-order valence-corrected chi connectivity index (χ4v) is 12.8. The highest BCUT2D eigenvalue weighted by Gasteiger charge is 2.59. The molecule has 3 nitrogen and oxygen atoms in total. The number of aromatic nitrogens is 3. The molecule has 0 aliphatic heterocycles. The van der Waals surface area contributed by atoms with Crippen LogP contribution >= 0.6 is 0 Å². The third-order valence-electron chi connectivity index (χ3n) is 15.3. The summed E-state index contributed by atoms with van der Waals surface area (Å²) in [6.45, 7) is 0. The van der Waals surface area contributed by atoms with Gasteiger partial charge in [0.25, 0.3) is 0 Å². The van der Waals surface area contributed by atoms with Gasteiger partial charge in [0.2, 0.25) is 5.95 Å². The van der Waals surface area contributed by atoms with Crippen LogP contribution < -0.4 is 0 Å². The molecule has 3 heteroatoms. The molecular formula is C64H39N3. The summed E-state index contributed by atoms with van der Waals surface area (Å²) >= 11 is 0. The third kappa shape index (κ3) is 4.60. The average Bonchev–Trinajstić information content (AvgIpc) is 4.01. The first-order chi connectivity index (χ1) is 33.3. The zero-order chi connectivity index (χ0) is 43.8. The van der Waals surface area contributed by atoms with Gasteiger partial charge in [0.05, 0.1) is 33.1 Å². The Morgan fingerprint density at radius 1 is 0.299 bits per heavy atom. The number of para-hydroxylation sites is 2. The molecule has 2 aromatic heterocycles. The molecule has 0 saturated heterocycles. The fraction of sp³-hybridized carbons (Fsp3) is 0.0312. The molecule has 310 valence electrons. The first-order valence-corrected chi connectivity index (χ1v) is 23.2. The molecule has 2 spiro atoms. The Kier molecular flexibility index (Phi) is 7.36. The van der Waals surface area contributed by atoms with Crippen LogP contribution in [0.1, 0.15) is 44.5 Å². The normalized spacial score (nSPS) is 14.2. The van der Waals surface area contributed by atoms with Gasteiger partial charge in [0.15, 0.2) is 0 Å². The van der Waals surface area contributed by atoms with E-state index < -0.39 is 10.8 Å². The Bertz CT molecular complexity index is 3950. The van der Waals surface area contributed by atoms with Crippen LogP contribution in [0, 0.1) is 0 Å². The van der Waals surface area contributed by atoms with Gasteiger partial charge >= 0.3 is 0 Å². The van der Waals surface area contributed by atoms with Crippen molar-refractivity contribution in [3.8, 4) is 50.6 Å². The van der Waals surface area contributed by atoms with Crippen LogP contribution in [0.5, 0.6) is 0 Å². The minimum Gasteiger partial charge on any atom is -0.278 e. The number of hydrogen-bond acceptors (Lipinski definition) is 2. The van der Waals surface area contributed by atoms with Crippen molar-refractivity contribution in [1.82, 2.24) is 14.5 Å². The summed E-state index contributed by atoms with van der Waals surface area (Å²) in [6.07, 6.45) is 0. The van der Waals surface area contributed by atoms with Gasteiger partial charge in [-0.1, -0.05) is 218 Å². The lowest BCUT2D eigenvalue weighted by Crippen LogP contribution is -2.43. The molecule has 3 aliphatic carbocycles. The molecule has 3 aliphatic rings. The molecule has 0 saturated carbocycles. The van der Waals surface area contributed by atoms with Gasteiger partial charge in [-0.2, -0.15) is 0 Å². The Morgan fingerprint density at radius 3 is 1.40 bits per heavy atom. The zero-order valence-electron chi connectivity index (χ0n) is 36.4. The Morgan fingerprint density at radius 2 is 0.761 bits per heavy atom. The van der Waals surface area contributed by atoms with Crippen LogP contribution in [0.3, 0.4) is 0 Å². The first-order valence-electron chi connectivity index (χ1n) is 23.2. The number of fused-ring (bicyclic) bond motifs is 21. The number of benzene rings is 10. The van der Waals surface area contributed by atoms with E-state index in [1.165, 1.54) is 88.7 Å². The summed E-state index contributed by atoms with van der Waals surface area (Å²) < 4.78 is 2.30. The topological polar surface area (TPSA) is 30.7 Å². The lowest BCUT2D eigenvalue weighted by atomic mass is 9.52. The van der Waals surface area contributed by atoms with E-state index in [0.29, 0.717) is 5.95 Å². The molecule has 0 N–H and O–H groups in total. The Hall–Kier alpha value is -8.66. The fourth-order valence-electron chi connectivity index (χ4n) is 12.8. The number of nitrogens with zero attached hydrogens (tertiary/aromatic N) is 3. The van der Waals surface area contributed by atoms with Gasteiger partial charge in [-0.05, 0) is 96.1 Å². The molecule has 2 heterocycles. The van der Waals surface area contributed by atoms with Gasteiger partial charge in [0.1, 0.15) is 0 Å². The predicted molar refractivity (Wildman–Crippen MR) is 273 cm³/mol. The SMILES string of the molecule is c1ccc(-c2ccc(-c3nc(-n4c5ccccc5c5c6c(ccc54)C4(c5ccccc5-6)c5ccccc5C5(c6ccccc6-c6ccccc65)c5ccccc54)nc4ccccc34)cc2)cc1. The molecule has 0 bridgehead atoms. The van der Waals surface area contributed by atoms with E-state index in [9.17, 15) is 0 Å². The number of rotatable bonds is 3. The van der Waals surface area contributed by atoms with Crippen molar-refractivity contribution in [2.75, 3.05) is 0 Å². The summed E-state index contributed by atoms with van der Waals surface area (Å²) in [5.41, 5.74) is 22.1. The second kappa shape index (κ2) is 13.4. The molecule has 12 aromatic rings. The summed E-state index contributed by atoms with van der Waals surface area (Å²) in [5.74, 6) is 0.654. The van der Waals surface area contributed by atoms with Gasteiger partial charge < -0.3 is 0 Å². The first kappa shape index (κ1) is 36.7. The molecule has 0 radical (unpaired) electrons. The second-order valence-electron chi connectivity index (χ2n) is 18.3. The minimum atomic E-state index is -0.591. The van der Waals surface area contributed by atoms with Crippen LogP contribution in [-0.4, -0.2) is 14.5 Å². The zero-order valence-corrected chi connectivity index (χ0v) is 36.4. The average molecular weight is 850 g/mol. The number of hydrogen-bond donors (Lipinski definition) is 0. The lowest BCUT2D eigenvalue weighted by molar-refractivity contribution is 0.633. The largest absolute Gasteiger partial charge is 0.278 e. The summed E-state index contributed by atoms with van der Waals surface area (Å²) in [7, 11) is 0. The van der Waals surface area contributed by atoms with E-state index in [4.69, 9.17) is 9.97 Å². The van der Waals surface area contributed by atoms with Crippen molar-refractivity contribution in [2.45, 2.75) is 10.8 Å². The van der Waals surface area contributed by atoms with Crippen molar-refractivity contribution in [1.29, 1.82) is 0 Å². The van der Waals surface area contributed by atoms with Crippen molar-refractivity contribution in [3.05, 3.63) is 281 Å². The van der Waals surface area contributed by atoms with Crippen LogP contribution in [0.25, 0.3) is 83.3 Å². The third-order valence-corrected chi connectivity index (χ3v) is 15.3. The standard InChI is InChI=1S/C64H39N3/c1-2-18-40(19-3-1)41-34-36-42(37-35-41)61-46-23-7-16-32-56(46)65-62(66-61)67-57-33-17-8-24-47(57)60-58(67)39-38-55-59(60)45-22-6-11-27-50(45)64(55)53-30-14-12-28-51(53)63(52-29-13-15-31-54(52)64)48-25-9-4-20-43(48)44-21-5-10-26-49(44)63/h1-39H. The smallest absolute Gasteiger partial charge is 0.235 e. The Balaban J connectivity index is 1.02. The molecule has 67 heavy (non-hydrogen) atoms. The summed E-state index contributed by atoms with van der Waals surface area (Å²) in [5, 5.41) is 3.42. The molecule has 0 atom stereocenters. The van der Waals surface area contributed by atoms with Crippen LogP contribution in [0.2, 0.25) is 0 Å². The Labute approximate surface area is 388 Å². The van der Waals surface area contributed by atoms with Gasteiger partial charge in [0, 0.05) is 21.7 Å². The van der Waals surface area contributed by atoms with Crippen LogP contribution in [-0.2, 0) is 10.8 Å². The van der Waals surface area contributed by atoms with Crippen molar-refractivity contribution < 1.29 is 0 Å². The molecule has 0 fully saturated rings. The van der Waals surface area contributed by atoms with E-state index >= 15 is 0 Å². The lowest BCUT2D eigenvalue weighted by Gasteiger charge is -2.48. The molecule has 10 aromatic carbocycles. The minimum absolute atomic E-state index is 0.490. The molecule has 15 rings (SSSR count). The van der Waals surface area contributed by atoms with Crippen molar-refractivity contribution >= 4 is 32.7 Å². The highest BCUT2D eigenvalue weighted by molar-refractivity contribution is 6.18. The van der Waals surface area contributed by atoms with E-state index in [1.54, 1.807) is 0 Å². The predicted octanol–water partition coefficient (Wildman–Crippen LogP) is 15.1. The van der Waals surface area contributed by atoms with Crippen molar-refractivity contribution in [2.24, 2.45) is 0 Å². The molecular weight excluding hydrogens is 811 g/mol. The maximum atomic E-state index is 5.53. The monoisotopic (exact) mass is 849 g/mol. The van der Waals surface area contributed by atoms with Gasteiger partial charge in [-0.25, -0.2) is 9.97 Å². The molecule has 0 amide bonds. The van der Waals surface area contributed by atoms with Crippen LogP contribution in [0.15, 0.2) is 237 Å². The van der Waals surface area contributed by atoms with E-state index in [0.717, 1.165) is 33.2 Å². The van der Waals surface area contributed by atoms with E-state index in [2.05, 4.69) is 241 Å².